The molecule has 1 aliphatic rings. The van der Waals surface area contributed by atoms with Crippen molar-refractivity contribution in [3.8, 4) is 5.69 Å². The molecule has 1 fully saturated rings. The predicted octanol–water partition coefficient (Wildman–Crippen LogP) is 2.28. The average Bonchev–Trinajstić information content (AvgIpc) is 3.54. The van der Waals surface area contributed by atoms with E-state index in [1.54, 1.807) is 15.4 Å². The first-order valence-corrected chi connectivity index (χ1v) is 11.7. The molecule has 0 saturated carbocycles. The molecule has 0 amide bonds. The lowest BCUT2D eigenvalue weighted by atomic mass is 10.1. The van der Waals surface area contributed by atoms with E-state index in [4.69, 9.17) is 9.72 Å². The highest BCUT2D eigenvalue weighted by atomic mass is 16.5. The number of ether oxygens (including phenoxy) is 1. The quantitative estimate of drug-likeness (QED) is 0.389. The minimum Gasteiger partial charge on any atom is -0.373 e. The molecule has 1 aromatic carbocycles. The maximum absolute atomic E-state index is 13.3. The van der Waals surface area contributed by atoms with Gasteiger partial charge in [-0.1, -0.05) is 12.1 Å². The molecular weight excluding hydrogens is 444 g/mol. The van der Waals surface area contributed by atoms with Gasteiger partial charge in [0, 0.05) is 38.2 Å². The third-order valence-corrected chi connectivity index (χ3v) is 6.33. The average molecular weight is 471 g/mol. The fraction of sp³-hybridized carbons (Fsp3) is 0.320. The zero-order chi connectivity index (χ0) is 23.9. The van der Waals surface area contributed by atoms with Crippen molar-refractivity contribution >= 4 is 16.7 Å². The zero-order valence-electron chi connectivity index (χ0n) is 19.7. The van der Waals surface area contributed by atoms with Crippen LogP contribution in [0.1, 0.15) is 25.0 Å². The van der Waals surface area contributed by atoms with Crippen LogP contribution in [0.2, 0.25) is 0 Å². The highest BCUT2D eigenvalue weighted by molar-refractivity contribution is 5.89. The number of morpholine rings is 1. The number of aromatic nitrogens is 7. The van der Waals surface area contributed by atoms with Gasteiger partial charge in [-0.25, -0.2) is 19.4 Å². The molecule has 1 saturated heterocycles. The second kappa shape index (κ2) is 8.71. The van der Waals surface area contributed by atoms with Crippen LogP contribution < -0.4 is 5.69 Å². The third-order valence-electron chi connectivity index (χ3n) is 6.33. The van der Waals surface area contributed by atoms with E-state index in [-0.39, 0.29) is 17.9 Å². The molecule has 5 heterocycles. The van der Waals surface area contributed by atoms with Crippen LogP contribution >= 0.6 is 0 Å². The number of pyridine rings is 1. The minimum atomic E-state index is -0.266. The minimum absolute atomic E-state index is 0.195. The summed E-state index contributed by atoms with van der Waals surface area (Å²) >= 11 is 0. The monoisotopic (exact) mass is 470 g/mol. The van der Waals surface area contributed by atoms with Gasteiger partial charge in [-0.15, -0.1) is 0 Å². The number of rotatable bonds is 5. The van der Waals surface area contributed by atoms with E-state index in [1.165, 1.54) is 10.8 Å². The summed E-state index contributed by atoms with van der Waals surface area (Å²) in [6.45, 7) is 7.07. The molecule has 10 nitrogen and oxygen atoms in total. The molecule has 6 rings (SSSR count). The molecule has 0 bridgehead atoms. The Balaban J connectivity index is 1.36. The van der Waals surface area contributed by atoms with Gasteiger partial charge >= 0.3 is 5.69 Å². The Morgan fingerprint density at radius 1 is 0.971 bits per heavy atom. The van der Waals surface area contributed by atoms with Crippen molar-refractivity contribution in [2.45, 2.75) is 39.1 Å². The molecule has 2 unspecified atom stereocenters. The van der Waals surface area contributed by atoms with Crippen molar-refractivity contribution in [3.63, 3.8) is 0 Å². The smallest absolute Gasteiger partial charge is 0.352 e. The van der Waals surface area contributed by atoms with Crippen LogP contribution in [-0.4, -0.2) is 64.1 Å². The highest BCUT2D eigenvalue weighted by Gasteiger charge is 2.23. The Hall–Kier alpha value is -3.89. The fourth-order valence-electron chi connectivity index (χ4n) is 4.91. The predicted molar refractivity (Wildman–Crippen MR) is 130 cm³/mol. The molecule has 35 heavy (non-hydrogen) atoms. The van der Waals surface area contributed by atoms with Crippen LogP contribution in [0.4, 0.5) is 0 Å². The first-order chi connectivity index (χ1) is 17.0. The van der Waals surface area contributed by atoms with Crippen molar-refractivity contribution in [2.24, 2.45) is 0 Å². The molecule has 10 heteroatoms. The van der Waals surface area contributed by atoms with Crippen LogP contribution in [-0.2, 0) is 17.8 Å². The first kappa shape index (κ1) is 21.6. The molecular formula is C25H26N8O2. The van der Waals surface area contributed by atoms with Crippen molar-refractivity contribution < 1.29 is 4.74 Å². The molecule has 0 aliphatic carbocycles. The molecule has 5 aromatic rings. The van der Waals surface area contributed by atoms with Gasteiger partial charge in [0.15, 0.2) is 5.65 Å². The Morgan fingerprint density at radius 3 is 2.51 bits per heavy atom. The molecule has 178 valence electrons. The number of hydrogen-bond acceptors (Lipinski definition) is 7. The van der Waals surface area contributed by atoms with Crippen LogP contribution in [0.15, 0.2) is 66.1 Å². The second-order valence-corrected chi connectivity index (χ2v) is 9.15. The number of benzene rings is 1. The summed E-state index contributed by atoms with van der Waals surface area (Å²) < 4.78 is 10.7. The standard InChI is InChI=1S/C25H26N8O2/c1-17-12-30(13-18(2)35-17)14-20-10-22-23(26-11-20)31(25(34)33-24(22)27-16-29-33)15-19-4-6-21(7-5-19)32-9-3-8-28-32/h3-11,16-18H,12-15H2,1-2H3. The highest BCUT2D eigenvalue weighted by Crippen LogP contribution is 2.20. The number of hydrogen-bond donors (Lipinski definition) is 0. The molecule has 1 aliphatic heterocycles. The SMILES string of the molecule is CC1CN(Cc2cnc3c(c2)c2ncnn2c(=O)n3Cc2ccc(-n3cccn3)cc2)CC(C)O1. The maximum Gasteiger partial charge on any atom is 0.352 e. The Labute approximate surface area is 201 Å². The first-order valence-electron chi connectivity index (χ1n) is 11.7. The lowest BCUT2D eigenvalue weighted by Gasteiger charge is -2.35. The van der Waals surface area contributed by atoms with Crippen LogP contribution in [0.5, 0.6) is 0 Å². The largest absolute Gasteiger partial charge is 0.373 e. The normalized spacial score (nSPS) is 19.0. The van der Waals surface area contributed by atoms with Gasteiger partial charge in [-0.05, 0) is 49.2 Å². The van der Waals surface area contributed by atoms with Gasteiger partial charge in [0.2, 0.25) is 0 Å². The van der Waals surface area contributed by atoms with E-state index >= 15 is 0 Å². The molecule has 0 radical (unpaired) electrons. The Kier molecular flexibility index (Phi) is 5.39. The summed E-state index contributed by atoms with van der Waals surface area (Å²) in [4.78, 5) is 24.8. The van der Waals surface area contributed by atoms with E-state index in [9.17, 15) is 4.79 Å². The summed E-state index contributed by atoms with van der Waals surface area (Å²) in [5, 5.41) is 9.26. The van der Waals surface area contributed by atoms with E-state index in [2.05, 4.69) is 40.0 Å². The topological polar surface area (TPSA) is 95.4 Å². The van der Waals surface area contributed by atoms with Gasteiger partial charge in [-0.2, -0.15) is 14.7 Å². The molecule has 2 atom stereocenters. The van der Waals surface area contributed by atoms with Crippen LogP contribution in [0.25, 0.3) is 22.4 Å². The number of fused-ring (bicyclic) bond motifs is 3. The Bertz CT molecular complexity index is 1530. The van der Waals surface area contributed by atoms with Crippen LogP contribution in [0.3, 0.4) is 0 Å². The van der Waals surface area contributed by atoms with Gasteiger partial charge in [0.05, 0.1) is 29.8 Å². The summed E-state index contributed by atoms with van der Waals surface area (Å²) in [5.74, 6) is 0. The summed E-state index contributed by atoms with van der Waals surface area (Å²) in [6.07, 6.45) is 7.30. The van der Waals surface area contributed by atoms with Crippen molar-refractivity contribution in [2.75, 3.05) is 13.1 Å². The lowest BCUT2D eigenvalue weighted by Crippen LogP contribution is -2.44. The van der Waals surface area contributed by atoms with Crippen LogP contribution in [0, 0.1) is 0 Å². The van der Waals surface area contributed by atoms with Crippen molar-refractivity contribution in [3.05, 3.63) is 82.9 Å². The van der Waals surface area contributed by atoms with Gasteiger partial charge < -0.3 is 4.74 Å². The Morgan fingerprint density at radius 2 is 1.77 bits per heavy atom. The summed E-state index contributed by atoms with van der Waals surface area (Å²) in [5.41, 5.74) is 3.85. The number of nitrogens with zero attached hydrogens (tertiary/aromatic N) is 8. The van der Waals surface area contributed by atoms with E-state index < -0.39 is 0 Å². The van der Waals surface area contributed by atoms with Crippen molar-refractivity contribution in [1.82, 2.24) is 38.8 Å². The summed E-state index contributed by atoms with van der Waals surface area (Å²) in [7, 11) is 0. The third kappa shape index (κ3) is 4.11. The molecule has 0 spiro atoms. The maximum atomic E-state index is 13.3. The molecule has 0 N–H and O–H groups in total. The van der Waals surface area contributed by atoms with Gasteiger partial charge in [0.1, 0.15) is 12.0 Å². The second-order valence-electron chi connectivity index (χ2n) is 9.15. The van der Waals surface area contributed by atoms with E-state index in [0.717, 1.165) is 41.8 Å². The zero-order valence-corrected chi connectivity index (χ0v) is 19.7. The van der Waals surface area contributed by atoms with E-state index in [0.29, 0.717) is 17.8 Å². The van der Waals surface area contributed by atoms with Crippen molar-refractivity contribution in [1.29, 1.82) is 0 Å². The molecule has 4 aromatic heterocycles. The summed E-state index contributed by atoms with van der Waals surface area (Å²) in [6, 6.07) is 11.9. The van der Waals surface area contributed by atoms with E-state index in [1.807, 2.05) is 42.7 Å². The van der Waals surface area contributed by atoms with Gasteiger partial charge in [-0.3, -0.25) is 9.47 Å². The lowest BCUT2D eigenvalue weighted by molar-refractivity contribution is -0.0705. The fourth-order valence-corrected chi connectivity index (χ4v) is 4.91. The van der Waals surface area contributed by atoms with Gasteiger partial charge in [0.25, 0.3) is 0 Å².